The van der Waals surface area contributed by atoms with Crippen molar-refractivity contribution in [2.75, 3.05) is 13.6 Å². The van der Waals surface area contributed by atoms with Gasteiger partial charge in [0.25, 0.3) is 0 Å². The molecule has 3 aromatic rings. The number of aryl methyl sites for hydroxylation is 1. The zero-order valence-corrected chi connectivity index (χ0v) is 17.7. The molecule has 0 bridgehead atoms. The quantitative estimate of drug-likeness (QED) is 0.479. The molecule has 12 heteroatoms. The van der Waals surface area contributed by atoms with Crippen LogP contribution in [0.15, 0.2) is 39.7 Å². The van der Waals surface area contributed by atoms with Crippen molar-refractivity contribution in [3.63, 3.8) is 0 Å². The van der Waals surface area contributed by atoms with Gasteiger partial charge in [0.15, 0.2) is 6.10 Å². The van der Waals surface area contributed by atoms with Crippen molar-refractivity contribution in [3.05, 3.63) is 58.0 Å². The Morgan fingerprint density at radius 3 is 2.85 bits per heavy atom. The number of methoxy groups -OCH3 is 1. The third kappa shape index (κ3) is 4.39. The average Bonchev–Trinajstić information content (AvgIpc) is 3.30. The van der Waals surface area contributed by atoms with E-state index in [1.54, 1.807) is 13.0 Å². The number of fused-ring (bicyclic) bond motifs is 1. The summed E-state index contributed by atoms with van der Waals surface area (Å²) in [5, 5.41) is 19.2. The van der Waals surface area contributed by atoms with E-state index in [9.17, 15) is 23.5 Å². The Labute approximate surface area is 195 Å². The number of aliphatic hydroxyl groups excluding tert-OH is 2. The second-order valence-corrected chi connectivity index (χ2v) is 7.75. The Bertz CT molecular complexity index is 1370. The zero-order valence-electron chi connectivity index (χ0n) is 20.7. The molecule has 1 aliphatic rings. The van der Waals surface area contributed by atoms with E-state index in [4.69, 9.17) is 27.8 Å². The zero-order chi connectivity index (χ0) is 27.1. The van der Waals surface area contributed by atoms with E-state index < -0.39 is 56.1 Å². The van der Waals surface area contributed by atoms with Crippen LogP contribution in [0.1, 0.15) is 27.4 Å². The number of furan rings is 1. The van der Waals surface area contributed by atoms with Crippen molar-refractivity contribution in [1.29, 1.82) is 0 Å². The van der Waals surface area contributed by atoms with Gasteiger partial charge in [-0.2, -0.15) is 13.8 Å². The predicted molar refractivity (Wildman–Crippen MR) is 111 cm³/mol. The number of esters is 1. The van der Waals surface area contributed by atoms with Crippen LogP contribution in [0.5, 0.6) is 5.75 Å². The summed E-state index contributed by atoms with van der Waals surface area (Å²) in [6.07, 6.45) is -5.57. The molecule has 2 aromatic heterocycles. The number of aromatic nitrogens is 2. The number of alkyl halides is 2. The topological polar surface area (TPSA) is 133 Å². The number of nitrogens with zero attached hydrogens (tertiary/aromatic N) is 2. The van der Waals surface area contributed by atoms with Crippen LogP contribution in [0.2, 0.25) is 0 Å². The van der Waals surface area contributed by atoms with Gasteiger partial charge in [0, 0.05) is 11.6 Å². The van der Waals surface area contributed by atoms with Crippen LogP contribution in [0, 0.1) is 6.92 Å². The fourth-order valence-corrected chi connectivity index (χ4v) is 3.67. The Hall–Kier alpha value is -3.35. The van der Waals surface area contributed by atoms with Crippen LogP contribution in [-0.2, 0) is 27.3 Å². The minimum absolute atomic E-state index is 0.0567. The lowest BCUT2D eigenvalue weighted by atomic mass is 10.1. The van der Waals surface area contributed by atoms with E-state index in [0.717, 1.165) is 12.3 Å². The number of hydrogen-bond acceptors (Lipinski definition) is 9. The van der Waals surface area contributed by atoms with Crippen LogP contribution in [0.3, 0.4) is 0 Å². The van der Waals surface area contributed by atoms with Crippen molar-refractivity contribution in [2.24, 2.45) is 0 Å². The molecule has 0 spiro atoms. The Morgan fingerprint density at radius 1 is 1.38 bits per heavy atom. The van der Waals surface area contributed by atoms with Gasteiger partial charge in [-0.3, -0.25) is 9.36 Å². The molecular formula is C22H22F2N2O8. The summed E-state index contributed by atoms with van der Waals surface area (Å²) >= 11 is 0. The van der Waals surface area contributed by atoms with Crippen LogP contribution in [0.25, 0.3) is 11.0 Å². The first kappa shape index (κ1) is 20.1. The Kier molecular flexibility index (Phi) is 5.38. The van der Waals surface area contributed by atoms with Gasteiger partial charge in [0.2, 0.25) is 6.23 Å². The monoisotopic (exact) mass is 483 g/mol. The lowest BCUT2D eigenvalue weighted by Crippen LogP contribution is -2.41. The minimum atomic E-state index is -3.86. The summed E-state index contributed by atoms with van der Waals surface area (Å²) in [7, 11) is -2.62. The maximum atomic E-state index is 14.3. The van der Waals surface area contributed by atoms with E-state index >= 15 is 0 Å². The van der Waals surface area contributed by atoms with E-state index in [1.165, 1.54) is 12.1 Å². The number of halogens is 2. The third-order valence-corrected chi connectivity index (χ3v) is 5.34. The van der Waals surface area contributed by atoms with Gasteiger partial charge < -0.3 is 28.8 Å². The molecule has 3 heterocycles. The van der Waals surface area contributed by atoms with Gasteiger partial charge in [-0.1, -0.05) is 0 Å². The van der Waals surface area contributed by atoms with Gasteiger partial charge in [-0.15, -0.1) is 0 Å². The average molecular weight is 483 g/mol. The highest BCUT2D eigenvalue weighted by Gasteiger charge is 2.59. The first-order valence-electron chi connectivity index (χ1n) is 11.6. The number of carbonyl (C=O) groups is 1. The third-order valence-electron chi connectivity index (χ3n) is 5.34. The SMILES string of the molecule is [2H]C([2H])([2H])Oc1cc(C)c2oc(COC(=O)Cc3ccn([C@@H]4O[C@H](CO)[C@@H](O)C4(F)F)c(=O)n3)cc2c1. The normalized spacial score (nSPS) is 23.3. The predicted octanol–water partition coefficient (Wildman–Crippen LogP) is 1.48. The molecule has 1 fully saturated rings. The second-order valence-electron chi connectivity index (χ2n) is 7.75. The Morgan fingerprint density at radius 2 is 2.18 bits per heavy atom. The molecule has 1 aliphatic heterocycles. The molecular weight excluding hydrogens is 458 g/mol. The number of rotatable bonds is 7. The summed E-state index contributed by atoms with van der Waals surface area (Å²) < 4.78 is 71.3. The lowest BCUT2D eigenvalue weighted by Gasteiger charge is -2.21. The standard InChI is InChI=1S/C22H22F2N2O8/c1-11-5-14(31-2)6-12-7-15(33-18(11)12)10-32-17(28)8-13-3-4-26(21(30)25-13)20-22(23,24)19(29)16(9-27)34-20/h3-7,16,19-20,27,29H,8-10H2,1-2H3/t16-,19-,20-/m1/s1/i2D3. The number of carbonyl (C=O) groups excluding carboxylic acids is 1. The van der Waals surface area contributed by atoms with Gasteiger partial charge in [0.05, 0.1) is 29.9 Å². The first-order valence-corrected chi connectivity index (χ1v) is 10.1. The highest BCUT2D eigenvalue weighted by molar-refractivity contribution is 5.82. The highest BCUT2D eigenvalue weighted by Crippen LogP contribution is 2.41. The molecule has 1 aromatic carbocycles. The Balaban J connectivity index is 1.40. The fraction of sp³-hybridized carbons (Fsp3) is 0.409. The van der Waals surface area contributed by atoms with E-state index in [2.05, 4.69) is 4.98 Å². The molecule has 34 heavy (non-hydrogen) atoms. The largest absolute Gasteiger partial charge is 0.497 e. The van der Waals surface area contributed by atoms with Crippen molar-refractivity contribution in [1.82, 2.24) is 9.55 Å². The summed E-state index contributed by atoms with van der Waals surface area (Å²) in [4.78, 5) is 28.2. The number of ether oxygens (including phenoxy) is 3. The molecule has 2 N–H and O–H groups in total. The van der Waals surface area contributed by atoms with Crippen molar-refractivity contribution < 1.29 is 46.5 Å². The van der Waals surface area contributed by atoms with Crippen molar-refractivity contribution >= 4 is 16.9 Å². The van der Waals surface area contributed by atoms with Gasteiger partial charge in [0.1, 0.15) is 29.8 Å². The van der Waals surface area contributed by atoms with Crippen LogP contribution >= 0.6 is 0 Å². The fourth-order valence-electron chi connectivity index (χ4n) is 3.67. The molecule has 0 unspecified atom stereocenters. The molecule has 10 nitrogen and oxygen atoms in total. The van der Waals surface area contributed by atoms with E-state index in [0.29, 0.717) is 21.1 Å². The van der Waals surface area contributed by atoms with Crippen LogP contribution < -0.4 is 10.4 Å². The number of benzene rings is 1. The lowest BCUT2D eigenvalue weighted by molar-refractivity contribution is -0.144. The van der Waals surface area contributed by atoms with Crippen LogP contribution in [0.4, 0.5) is 8.78 Å². The molecule has 3 atom stereocenters. The molecule has 4 rings (SSSR count). The number of hydrogen-bond donors (Lipinski definition) is 2. The minimum Gasteiger partial charge on any atom is -0.497 e. The van der Waals surface area contributed by atoms with E-state index in [1.807, 2.05) is 0 Å². The first-order chi connectivity index (χ1) is 17.3. The summed E-state index contributed by atoms with van der Waals surface area (Å²) in [6, 6.07) is 5.68. The summed E-state index contributed by atoms with van der Waals surface area (Å²) in [5.41, 5.74) is -0.148. The molecule has 0 radical (unpaired) electrons. The molecule has 0 saturated carbocycles. The molecule has 182 valence electrons. The summed E-state index contributed by atoms with van der Waals surface area (Å²) in [5.74, 6) is -4.26. The second kappa shape index (κ2) is 9.12. The molecule has 1 saturated heterocycles. The maximum Gasteiger partial charge on any atom is 0.350 e. The van der Waals surface area contributed by atoms with Crippen molar-refractivity contribution in [3.8, 4) is 5.75 Å². The van der Waals surface area contributed by atoms with Crippen molar-refractivity contribution in [2.45, 2.75) is 44.3 Å². The smallest absolute Gasteiger partial charge is 0.350 e. The summed E-state index contributed by atoms with van der Waals surface area (Å²) in [6.45, 7) is 0.544. The molecule has 0 aliphatic carbocycles. The van der Waals surface area contributed by atoms with Gasteiger partial charge in [-0.05, 0) is 36.8 Å². The maximum absolute atomic E-state index is 14.3. The van der Waals surface area contributed by atoms with Crippen LogP contribution in [-0.4, -0.2) is 57.5 Å². The molecule has 0 amide bonds. The highest BCUT2D eigenvalue weighted by atomic mass is 19.3. The van der Waals surface area contributed by atoms with Gasteiger partial charge >= 0.3 is 17.6 Å². The number of aliphatic hydroxyl groups is 2. The van der Waals surface area contributed by atoms with E-state index in [-0.39, 0.29) is 23.8 Å². The van der Waals surface area contributed by atoms with Gasteiger partial charge in [-0.25, -0.2) is 4.79 Å².